The number of carbonyl (C=O) groups excluding carboxylic acids is 1. The molecule has 0 radical (unpaired) electrons. The number of nitrogens with zero attached hydrogens (tertiary/aromatic N) is 5. The SMILES string of the molecule is C#CCN1CCC[C@H]1C(=O)NCCNc1ncnc2c1c(Br)nn2C. The first-order chi connectivity index (χ1) is 12.1. The van der Waals surface area contributed by atoms with Gasteiger partial charge in [0.25, 0.3) is 0 Å². The highest BCUT2D eigenvalue weighted by molar-refractivity contribution is 9.10. The normalized spacial score (nSPS) is 17.6. The second-order valence-corrected chi connectivity index (χ2v) is 6.64. The van der Waals surface area contributed by atoms with Gasteiger partial charge in [0.15, 0.2) is 5.65 Å². The van der Waals surface area contributed by atoms with Gasteiger partial charge in [-0.15, -0.1) is 6.42 Å². The number of fused-ring (bicyclic) bond motifs is 1. The maximum absolute atomic E-state index is 12.3. The van der Waals surface area contributed by atoms with E-state index in [0.29, 0.717) is 30.1 Å². The Labute approximate surface area is 154 Å². The minimum Gasteiger partial charge on any atom is -0.368 e. The number of rotatable bonds is 6. The lowest BCUT2D eigenvalue weighted by Crippen LogP contribution is -2.44. The molecule has 3 heterocycles. The van der Waals surface area contributed by atoms with Crippen molar-refractivity contribution >= 4 is 38.7 Å². The predicted molar refractivity (Wildman–Crippen MR) is 98.9 cm³/mol. The van der Waals surface area contributed by atoms with Gasteiger partial charge in [-0.1, -0.05) is 5.92 Å². The fourth-order valence-corrected chi connectivity index (χ4v) is 3.69. The fraction of sp³-hybridized carbons (Fsp3) is 0.500. The third-order valence-electron chi connectivity index (χ3n) is 4.26. The highest BCUT2D eigenvalue weighted by atomic mass is 79.9. The van der Waals surface area contributed by atoms with Crippen LogP contribution in [-0.4, -0.2) is 62.8 Å². The number of aromatic nitrogens is 4. The third-order valence-corrected chi connectivity index (χ3v) is 4.81. The zero-order valence-electron chi connectivity index (χ0n) is 14.0. The number of halogens is 1. The molecule has 2 aromatic heterocycles. The molecule has 8 nitrogen and oxygen atoms in total. The average Bonchev–Trinajstić information content (AvgIpc) is 3.17. The first-order valence-electron chi connectivity index (χ1n) is 8.14. The third kappa shape index (κ3) is 3.75. The molecule has 9 heteroatoms. The van der Waals surface area contributed by atoms with Crippen molar-refractivity contribution in [3.05, 3.63) is 10.9 Å². The van der Waals surface area contributed by atoms with Crippen molar-refractivity contribution < 1.29 is 4.79 Å². The Morgan fingerprint density at radius 1 is 1.48 bits per heavy atom. The van der Waals surface area contributed by atoms with Gasteiger partial charge in [-0.25, -0.2) is 14.6 Å². The molecule has 2 N–H and O–H groups in total. The first-order valence-corrected chi connectivity index (χ1v) is 8.93. The van der Waals surface area contributed by atoms with Crippen molar-refractivity contribution in [1.29, 1.82) is 0 Å². The van der Waals surface area contributed by atoms with E-state index < -0.39 is 0 Å². The summed E-state index contributed by atoms with van der Waals surface area (Å²) >= 11 is 3.42. The van der Waals surface area contributed by atoms with Crippen molar-refractivity contribution in [2.45, 2.75) is 18.9 Å². The summed E-state index contributed by atoms with van der Waals surface area (Å²) in [4.78, 5) is 22.8. The van der Waals surface area contributed by atoms with E-state index in [9.17, 15) is 4.79 Å². The molecule has 0 spiro atoms. The van der Waals surface area contributed by atoms with E-state index in [1.54, 1.807) is 4.68 Å². The quantitative estimate of drug-likeness (QED) is 0.544. The zero-order chi connectivity index (χ0) is 17.8. The van der Waals surface area contributed by atoms with Crippen LogP contribution in [0, 0.1) is 12.3 Å². The van der Waals surface area contributed by atoms with E-state index in [1.807, 2.05) is 11.9 Å². The number of anilines is 1. The van der Waals surface area contributed by atoms with E-state index in [0.717, 1.165) is 30.4 Å². The van der Waals surface area contributed by atoms with Crippen LogP contribution in [0.3, 0.4) is 0 Å². The van der Waals surface area contributed by atoms with Crippen molar-refractivity contribution in [3.63, 3.8) is 0 Å². The molecule has 1 fully saturated rings. The molecule has 132 valence electrons. The Balaban J connectivity index is 1.54. The molecule has 1 aliphatic heterocycles. The smallest absolute Gasteiger partial charge is 0.237 e. The van der Waals surface area contributed by atoms with E-state index >= 15 is 0 Å². The van der Waals surface area contributed by atoms with Gasteiger partial charge in [0, 0.05) is 20.1 Å². The number of aryl methyl sites for hydroxylation is 1. The summed E-state index contributed by atoms with van der Waals surface area (Å²) in [5.41, 5.74) is 0.740. The molecular formula is C16H20BrN7O. The van der Waals surface area contributed by atoms with Gasteiger partial charge in [0.2, 0.25) is 5.91 Å². The molecular weight excluding hydrogens is 386 g/mol. The summed E-state index contributed by atoms with van der Waals surface area (Å²) in [6.07, 6.45) is 8.72. The lowest BCUT2D eigenvalue weighted by Gasteiger charge is -2.21. The summed E-state index contributed by atoms with van der Waals surface area (Å²) in [6.45, 7) is 2.46. The van der Waals surface area contributed by atoms with E-state index in [1.165, 1.54) is 6.33 Å². The first kappa shape index (κ1) is 17.6. The molecule has 0 unspecified atom stereocenters. The van der Waals surface area contributed by atoms with Crippen molar-refractivity contribution in [1.82, 2.24) is 30.0 Å². The van der Waals surface area contributed by atoms with E-state index in [-0.39, 0.29) is 11.9 Å². The van der Waals surface area contributed by atoms with Crippen LogP contribution in [0.4, 0.5) is 5.82 Å². The van der Waals surface area contributed by atoms with Crippen LogP contribution in [0.25, 0.3) is 11.0 Å². The molecule has 0 aromatic carbocycles. The van der Waals surface area contributed by atoms with E-state index in [2.05, 4.69) is 47.6 Å². The molecule has 0 saturated carbocycles. The number of likely N-dealkylation sites (tertiary alicyclic amines) is 1. The van der Waals surface area contributed by atoms with Crippen molar-refractivity contribution in [3.8, 4) is 12.3 Å². The van der Waals surface area contributed by atoms with Crippen LogP contribution in [-0.2, 0) is 11.8 Å². The monoisotopic (exact) mass is 405 g/mol. The Morgan fingerprint density at radius 3 is 3.12 bits per heavy atom. The van der Waals surface area contributed by atoms with E-state index in [4.69, 9.17) is 6.42 Å². The highest BCUT2D eigenvalue weighted by Crippen LogP contribution is 2.26. The summed E-state index contributed by atoms with van der Waals surface area (Å²) in [5, 5.41) is 11.3. The van der Waals surface area contributed by atoms with Crippen LogP contribution in [0.1, 0.15) is 12.8 Å². The molecule has 1 aliphatic rings. The van der Waals surface area contributed by atoms with Gasteiger partial charge in [0.1, 0.15) is 16.7 Å². The second kappa shape index (κ2) is 7.80. The number of hydrogen-bond acceptors (Lipinski definition) is 6. The number of nitrogens with one attached hydrogen (secondary N) is 2. The van der Waals surface area contributed by atoms with Gasteiger partial charge in [0.05, 0.1) is 18.0 Å². The minimum atomic E-state index is -0.116. The Hall–Kier alpha value is -2.18. The molecule has 2 aromatic rings. The van der Waals surface area contributed by atoms with Crippen LogP contribution in [0.2, 0.25) is 0 Å². The molecule has 3 rings (SSSR count). The molecule has 1 saturated heterocycles. The number of carbonyl (C=O) groups is 1. The fourth-order valence-electron chi connectivity index (χ4n) is 3.09. The zero-order valence-corrected chi connectivity index (χ0v) is 15.6. The Morgan fingerprint density at radius 2 is 2.32 bits per heavy atom. The lowest BCUT2D eigenvalue weighted by atomic mass is 10.2. The minimum absolute atomic E-state index is 0.0324. The second-order valence-electron chi connectivity index (χ2n) is 5.89. The molecule has 0 aliphatic carbocycles. The van der Waals surface area contributed by atoms with Crippen LogP contribution < -0.4 is 10.6 Å². The molecule has 1 atom stereocenters. The average molecular weight is 406 g/mol. The summed E-state index contributed by atoms with van der Waals surface area (Å²) < 4.78 is 2.38. The molecule has 0 bridgehead atoms. The highest BCUT2D eigenvalue weighted by Gasteiger charge is 2.29. The maximum Gasteiger partial charge on any atom is 0.237 e. The Kier molecular flexibility index (Phi) is 5.50. The Bertz CT molecular complexity index is 813. The lowest BCUT2D eigenvalue weighted by molar-refractivity contribution is -0.125. The van der Waals surface area contributed by atoms with Gasteiger partial charge in [-0.05, 0) is 35.3 Å². The van der Waals surface area contributed by atoms with Crippen LogP contribution >= 0.6 is 15.9 Å². The van der Waals surface area contributed by atoms with Crippen molar-refractivity contribution in [2.24, 2.45) is 7.05 Å². The summed E-state index contributed by atoms with van der Waals surface area (Å²) in [6, 6.07) is -0.116. The van der Waals surface area contributed by atoms with Gasteiger partial charge in [-0.3, -0.25) is 9.69 Å². The summed E-state index contributed by atoms with van der Waals surface area (Å²) in [7, 11) is 1.83. The van der Waals surface area contributed by atoms with Gasteiger partial charge < -0.3 is 10.6 Å². The van der Waals surface area contributed by atoms with Crippen molar-refractivity contribution in [2.75, 3.05) is 31.5 Å². The maximum atomic E-state index is 12.3. The predicted octanol–water partition coefficient (Wildman–Crippen LogP) is 0.751. The number of terminal acetylenes is 1. The topological polar surface area (TPSA) is 88.0 Å². The van der Waals surface area contributed by atoms with Gasteiger partial charge in [-0.2, -0.15) is 5.10 Å². The van der Waals surface area contributed by atoms with Crippen LogP contribution in [0.5, 0.6) is 0 Å². The number of amides is 1. The standard InChI is InChI=1S/C16H20BrN7O/c1-3-8-24-9-4-5-11(24)16(25)19-7-6-18-14-12-13(17)22-23(2)15(12)21-10-20-14/h1,10-11H,4-9H2,2H3,(H,19,25)(H,18,20,21)/t11-/m0/s1. The molecule has 25 heavy (non-hydrogen) atoms. The summed E-state index contributed by atoms with van der Waals surface area (Å²) in [5.74, 6) is 3.34. The van der Waals surface area contributed by atoms with Crippen LogP contribution in [0.15, 0.2) is 10.9 Å². The number of hydrogen-bond donors (Lipinski definition) is 2. The largest absolute Gasteiger partial charge is 0.368 e. The molecule has 1 amide bonds. The van der Waals surface area contributed by atoms with Gasteiger partial charge >= 0.3 is 0 Å².